The predicted molar refractivity (Wildman–Crippen MR) is 72.2 cm³/mol. The van der Waals surface area contributed by atoms with Crippen molar-refractivity contribution in [1.82, 2.24) is 10.6 Å². The summed E-state index contributed by atoms with van der Waals surface area (Å²) in [5, 5.41) is 5.97. The minimum absolute atomic E-state index is 0.210. The Hall–Kier alpha value is -1.75. The van der Waals surface area contributed by atoms with E-state index >= 15 is 0 Å². The number of carbonyl (C=O) groups is 1. The largest absolute Gasteiger partial charge is 0.489 e. The van der Waals surface area contributed by atoms with Crippen LogP contribution in [-0.2, 0) is 11.3 Å². The van der Waals surface area contributed by atoms with Gasteiger partial charge in [-0.2, -0.15) is 0 Å². The summed E-state index contributed by atoms with van der Waals surface area (Å²) in [5.41, 5.74) is 1.11. The maximum Gasteiger partial charge on any atom is 0.407 e. The molecule has 1 aromatic carbocycles. The van der Waals surface area contributed by atoms with Crippen molar-refractivity contribution in [3.05, 3.63) is 29.8 Å². The van der Waals surface area contributed by atoms with Crippen LogP contribution in [0.15, 0.2) is 24.3 Å². The number of alkyl carbamates (subject to hydrolysis) is 1. The summed E-state index contributed by atoms with van der Waals surface area (Å²) in [4.78, 5) is 10.9. The average molecular weight is 264 g/mol. The van der Waals surface area contributed by atoms with Crippen LogP contribution in [0.4, 0.5) is 4.79 Å². The van der Waals surface area contributed by atoms with Crippen LogP contribution in [0, 0.1) is 0 Å². The molecular weight excluding hydrogens is 244 g/mol. The number of cyclic esters (lactones) is 1. The van der Waals surface area contributed by atoms with Gasteiger partial charge in [-0.05, 0) is 6.07 Å². The fraction of sp³-hybridized carbons (Fsp3) is 0.500. The van der Waals surface area contributed by atoms with E-state index in [-0.39, 0.29) is 12.2 Å². The minimum Gasteiger partial charge on any atom is -0.489 e. The molecule has 0 aliphatic carbocycles. The molecule has 19 heavy (non-hydrogen) atoms. The quantitative estimate of drug-likeness (QED) is 0.820. The zero-order valence-corrected chi connectivity index (χ0v) is 11.3. The first-order valence-electron chi connectivity index (χ1n) is 6.53. The van der Waals surface area contributed by atoms with Crippen LogP contribution in [-0.4, -0.2) is 31.4 Å². The molecule has 0 bridgehead atoms. The molecule has 0 spiro atoms. The second-order valence-corrected chi connectivity index (χ2v) is 4.86. The SMILES string of the molecule is CC(C)NCc1ccccc1OCC1CNC(=O)O1. The van der Waals surface area contributed by atoms with Crippen LogP contribution < -0.4 is 15.4 Å². The molecule has 1 saturated heterocycles. The van der Waals surface area contributed by atoms with E-state index in [2.05, 4.69) is 24.5 Å². The fourth-order valence-electron chi connectivity index (χ4n) is 1.81. The van der Waals surface area contributed by atoms with E-state index < -0.39 is 0 Å². The van der Waals surface area contributed by atoms with E-state index in [0.717, 1.165) is 17.9 Å². The zero-order valence-electron chi connectivity index (χ0n) is 11.3. The van der Waals surface area contributed by atoms with E-state index in [0.29, 0.717) is 19.2 Å². The standard InChI is InChI=1S/C14H20N2O3/c1-10(2)15-7-11-5-3-4-6-13(11)18-9-12-8-16-14(17)19-12/h3-6,10,12,15H,7-9H2,1-2H3,(H,16,17). The first-order valence-corrected chi connectivity index (χ1v) is 6.53. The first kappa shape index (κ1) is 13.7. The maximum absolute atomic E-state index is 10.9. The molecule has 2 N–H and O–H groups in total. The van der Waals surface area contributed by atoms with Gasteiger partial charge in [-0.15, -0.1) is 0 Å². The van der Waals surface area contributed by atoms with Crippen molar-refractivity contribution >= 4 is 6.09 Å². The lowest BCUT2D eigenvalue weighted by Crippen LogP contribution is -2.24. The third kappa shape index (κ3) is 4.13. The summed E-state index contributed by atoms with van der Waals surface area (Å²) in [5.74, 6) is 0.832. The van der Waals surface area contributed by atoms with Crippen molar-refractivity contribution in [1.29, 1.82) is 0 Å². The molecule has 104 valence electrons. The van der Waals surface area contributed by atoms with E-state index in [1.807, 2.05) is 24.3 Å². The Morgan fingerprint density at radius 1 is 1.47 bits per heavy atom. The smallest absolute Gasteiger partial charge is 0.407 e. The van der Waals surface area contributed by atoms with Gasteiger partial charge in [0.15, 0.2) is 6.10 Å². The number of hydrogen-bond acceptors (Lipinski definition) is 4. The van der Waals surface area contributed by atoms with Gasteiger partial charge >= 0.3 is 6.09 Å². The molecule has 1 amide bonds. The van der Waals surface area contributed by atoms with Crippen molar-refractivity contribution in [2.45, 2.75) is 32.5 Å². The molecule has 0 saturated carbocycles. The highest BCUT2D eigenvalue weighted by Gasteiger charge is 2.23. The highest BCUT2D eigenvalue weighted by molar-refractivity contribution is 5.69. The monoisotopic (exact) mass is 264 g/mol. The van der Waals surface area contributed by atoms with Gasteiger partial charge in [0.1, 0.15) is 12.4 Å². The van der Waals surface area contributed by atoms with Gasteiger partial charge < -0.3 is 20.1 Å². The highest BCUT2D eigenvalue weighted by atomic mass is 16.6. The second kappa shape index (κ2) is 6.43. The number of carbonyl (C=O) groups excluding carboxylic acids is 1. The number of nitrogens with one attached hydrogen (secondary N) is 2. The number of ether oxygens (including phenoxy) is 2. The van der Waals surface area contributed by atoms with Crippen molar-refractivity contribution in [2.75, 3.05) is 13.2 Å². The lowest BCUT2D eigenvalue weighted by Gasteiger charge is -2.15. The summed E-state index contributed by atoms with van der Waals surface area (Å²) >= 11 is 0. The Morgan fingerprint density at radius 2 is 2.26 bits per heavy atom. The Balaban J connectivity index is 1.90. The number of amides is 1. The normalized spacial score (nSPS) is 18.3. The minimum atomic E-state index is -0.372. The van der Waals surface area contributed by atoms with E-state index in [9.17, 15) is 4.79 Å². The van der Waals surface area contributed by atoms with Gasteiger partial charge in [-0.3, -0.25) is 0 Å². The van der Waals surface area contributed by atoms with Gasteiger partial charge in [-0.25, -0.2) is 4.79 Å². The van der Waals surface area contributed by atoms with E-state index in [4.69, 9.17) is 9.47 Å². The lowest BCUT2D eigenvalue weighted by atomic mass is 10.2. The van der Waals surface area contributed by atoms with Gasteiger partial charge in [0.25, 0.3) is 0 Å². The van der Waals surface area contributed by atoms with E-state index in [1.165, 1.54) is 0 Å². The maximum atomic E-state index is 10.9. The van der Waals surface area contributed by atoms with Gasteiger partial charge in [0.05, 0.1) is 6.54 Å². The number of benzene rings is 1. The zero-order chi connectivity index (χ0) is 13.7. The lowest BCUT2D eigenvalue weighted by molar-refractivity contribution is 0.104. The Bertz CT molecular complexity index is 434. The third-order valence-corrected chi connectivity index (χ3v) is 2.85. The molecule has 1 aromatic rings. The van der Waals surface area contributed by atoms with Crippen LogP contribution in [0.3, 0.4) is 0 Å². The molecule has 1 aliphatic rings. The summed E-state index contributed by atoms with van der Waals surface area (Å²) in [6.45, 7) is 5.85. The average Bonchev–Trinajstić information content (AvgIpc) is 2.80. The predicted octanol–water partition coefficient (Wildman–Crippen LogP) is 1.67. The Morgan fingerprint density at radius 3 is 2.95 bits per heavy atom. The molecule has 1 fully saturated rings. The molecule has 0 radical (unpaired) electrons. The Kier molecular flexibility index (Phi) is 4.63. The summed E-state index contributed by atoms with van der Waals surface area (Å²) in [6.07, 6.45) is -0.582. The van der Waals surface area contributed by atoms with Gasteiger partial charge in [0.2, 0.25) is 0 Å². The topological polar surface area (TPSA) is 59.6 Å². The van der Waals surface area contributed by atoms with E-state index in [1.54, 1.807) is 0 Å². The molecule has 2 rings (SSSR count). The van der Waals surface area contributed by atoms with Crippen molar-refractivity contribution in [2.24, 2.45) is 0 Å². The highest BCUT2D eigenvalue weighted by Crippen LogP contribution is 2.18. The summed E-state index contributed by atoms with van der Waals surface area (Å²) in [7, 11) is 0. The summed E-state index contributed by atoms with van der Waals surface area (Å²) in [6, 6.07) is 8.31. The Labute approximate surface area is 113 Å². The second-order valence-electron chi connectivity index (χ2n) is 4.86. The van der Waals surface area contributed by atoms with Crippen LogP contribution in [0.1, 0.15) is 19.4 Å². The molecule has 1 heterocycles. The van der Waals surface area contributed by atoms with Crippen molar-refractivity contribution in [3.8, 4) is 5.75 Å². The van der Waals surface area contributed by atoms with Crippen molar-refractivity contribution in [3.63, 3.8) is 0 Å². The van der Waals surface area contributed by atoms with Crippen LogP contribution in [0.2, 0.25) is 0 Å². The van der Waals surface area contributed by atoms with Crippen LogP contribution in [0.25, 0.3) is 0 Å². The summed E-state index contributed by atoms with van der Waals surface area (Å²) < 4.78 is 10.8. The number of para-hydroxylation sites is 1. The molecule has 1 unspecified atom stereocenters. The molecule has 0 aromatic heterocycles. The number of rotatable bonds is 6. The van der Waals surface area contributed by atoms with Crippen LogP contribution >= 0.6 is 0 Å². The molecule has 5 heteroatoms. The van der Waals surface area contributed by atoms with Crippen molar-refractivity contribution < 1.29 is 14.3 Å². The molecule has 5 nitrogen and oxygen atoms in total. The first-order chi connectivity index (χ1) is 9.15. The third-order valence-electron chi connectivity index (χ3n) is 2.85. The van der Waals surface area contributed by atoms with Gasteiger partial charge in [-0.1, -0.05) is 32.0 Å². The fourth-order valence-corrected chi connectivity index (χ4v) is 1.81. The molecular formula is C14H20N2O3. The molecule has 1 atom stereocenters. The van der Waals surface area contributed by atoms with Crippen LogP contribution in [0.5, 0.6) is 5.75 Å². The van der Waals surface area contributed by atoms with Gasteiger partial charge in [0, 0.05) is 18.2 Å². The molecule has 1 aliphatic heterocycles. The number of hydrogen-bond donors (Lipinski definition) is 2.